The van der Waals surface area contributed by atoms with E-state index >= 15 is 0 Å². The zero-order chi connectivity index (χ0) is 12.3. The number of amides is 1. The predicted molar refractivity (Wildman–Crippen MR) is 79.0 cm³/mol. The van der Waals surface area contributed by atoms with Gasteiger partial charge in [0.15, 0.2) is 0 Å². The van der Waals surface area contributed by atoms with Crippen molar-refractivity contribution < 1.29 is 4.79 Å². The Bertz CT molecular complexity index is 390. The van der Waals surface area contributed by atoms with Crippen LogP contribution in [0.2, 0.25) is 0 Å². The fraction of sp³-hybridized carbons (Fsp3) is 0.462. The quantitative estimate of drug-likeness (QED) is 0.893. The lowest BCUT2D eigenvalue weighted by Gasteiger charge is -2.17. The van der Waals surface area contributed by atoms with Gasteiger partial charge in [0.1, 0.15) is 0 Å². The smallest absolute Gasteiger partial charge is 0.237 e. The van der Waals surface area contributed by atoms with Gasteiger partial charge in [-0.2, -0.15) is 0 Å². The van der Waals surface area contributed by atoms with Crippen LogP contribution in [-0.2, 0) is 4.79 Å². The summed E-state index contributed by atoms with van der Waals surface area (Å²) in [4.78, 5) is 11.9. The Morgan fingerprint density at radius 3 is 2.67 bits per heavy atom. The second-order valence-electron chi connectivity index (χ2n) is 4.43. The topological polar surface area (TPSA) is 41.1 Å². The zero-order valence-corrected chi connectivity index (χ0v) is 12.7. The molecule has 1 aliphatic heterocycles. The molecule has 1 aliphatic rings. The first kappa shape index (κ1) is 15.5. The molecule has 0 saturated carbocycles. The molecular formula is C13H18BrClN2O. The van der Waals surface area contributed by atoms with Gasteiger partial charge < -0.3 is 10.6 Å². The predicted octanol–water partition coefficient (Wildman–Crippen LogP) is 2.80. The third-order valence-electron chi connectivity index (χ3n) is 3.11. The van der Waals surface area contributed by atoms with E-state index in [0.29, 0.717) is 0 Å². The number of halogens is 2. The molecule has 2 unspecified atom stereocenters. The zero-order valence-electron chi connectivity index (χ0n) is 10.3. The number of rotatable bonds is 3. The number of nitrogens with one attached hydrogen (secondary N) is 2. The maximum absolute atomic E-state index is 11.9. The van der Waals surface area contributed by atoms with Crippen molar-refractivity contribution in [3.8, 4) is 0 Å². The molecule has 0 bridgehead atoms. The maximum Gasteiger partial charge on any atom is 0.237 e. The molecule has 0 spiro atoms. The molecule has 0 aromatic heterocycles. The van der Waals surface area contributed by atoms with E-state index in [1.54, 1.807) is 0 Å². The highest BCUT2D eigenvalue weighted by Gasteiger charge is 2.23. The van der Waals surface area contributed by atoms with Crippen LogP contribution in [0.1, 0.15) is 31.4 Å². The van der Waals surface area contributed by atoms with Crippen LogP contribution in [0.3, 0.4) is 0 Å². The average Bonchev–Trinajstić information content (AvgIpc) is 2.83. The molecule has 1 heterocycles. The van der Waals surface area contributed by atoms with E-state index in [2.05, 4.69) is 26.6 Å². The summed E-state index contributed by atoms with van der Waals surface area (Å²) < 4.78 is 1.05. The molecule has 100 valence electrons. The third-order valence-corrected chi connectivity index (χ3v) is 3.63. The van der Waals surface area contributed by atoms with E-state index in [4.69, 9.17) is 0 Å². The summed E-state index contributed by atoms with van der Waals surface area (Å²) in [5, 5.41) is 6.24. The van der Waals surface area contributed by atoms with E-state index in [1.807, 2.05) is 31.2 Å². The van der Waals surface area contributed by atoms with Crippen LogP contribution < -0.4 is 10.6 Å². The number of hydrogen-bond donors (Lipinski definition) is 2. The molecule has 1 fully saturated rings. The first-order valence-corrected chi connectivity index (χ1v) is 6.75. The Morgan fingerprint density at radius 2 is 2.11 bits per heavy atom. The fourth-order valence-electron chi connectivity index (χ4n) is 2.06. The third kappa shape index (κ3) is 3.97. The summed E-state index contributed by atoms with van der Waals surface area (Å²) in [5.41, 5.74) is 1.12. The van der Waals surface area contributed by atoms with Crippen molar-refractivity contribution in [3.05, 3.63) is 34.3 Å². The summed E-state index contributed by atoms with van der Waals surface area (Å²) in [6.45, 7) is 2.96. The van der Waals surface area contributed by atoms with Crippen LogP contribution in [0.4, 0.5) is 0 Å². The van der Waals surface area contributed by atoms with Crippen LogP contribution >= 0.6 is 28.3 Å². The van der Waals surface area contributed by atoms with Gasteiger partial charge in [0.2, 0.25) is 5.91 Å². The second-order valence-corrected chi connectivity index (χ2v) is 5.35. The molecule has 3 nitrogen and oxygen atoms in total. The highest BCUT2D eigenvalue weighted by molar-refractivity contribution is 9.10. The second kappa shape index (κ2) is 7.12. The fourth-order valence-corrected chi connectivity index (χ4v) is 2.32. The largest absolute Gasteiger partial charge is 0.348 e. The molecule has 5 heteroatoms. The van der Waals surface area contributed by atoms with Gasteiger partial charge >= 0.3 is 0 Å². The Labute approximate surface area is 122 Å². The lowest BCUT2D eigenvalue weighted by Crippen LogP contribution is -2.41. The summed E-state index contributed by atoms with van der Waals surface area (Å²) in [5.74, 6) is 0.109. The monoisotopic (exact) mass is 332 g/mol. The Morgan fingerprint density at radius 1 is 1.44 bits per heavy atom. The lowest BCUT2D eigenvalue weighted by molar-refractivity contribution is -0.123. The Balaban J connectivity index is 0.00000162. The van der Waals surface area contributed by atoms with Crippen LogP contribution in [-0.4, -0.2) is 18.5 Å². The van der Waals surface area contributed by atoms with E-state index < -0.39 is 0 Å². The summed E-state index contributed by atoms with van der Waals surface area (Å²) in [7, 11) is 0. The molecule has 2 rings (SSSR count). The molecule has 1 saturated heterocycles. The van der Waals surface area contributed by atoms with Crippen molar-refractivity contribution in [3.63, 3.8) is 0 Å². The van der Waals surface area contributed by atoms with Crippen molar-refractivity contribution in [2.24, 2.45) is 0 Å². The van der Waals surface area contributed by atoms with Crippen LogP contribution in [0.25, 0.3) is 0 Å². The number of benzene rings is 1. The van der Waals surface area contributed by atoms with E-state index in [-0.39, 0.29) is 30.4 Å². The molecule has 2 N–H and O–H groups in total. The Kier molecular flexibility index (Phi) is 6.12. The van der Waals surface area contributed by atoms with Gasteiger partial charge in [-0.3, -0.25) is 4.79 Å². The molecule has 0 aliphatic carbocycles. The molecule has 1 aromatic rings. The van der Waals surface area contributed by atoms with E-state index in [0.717, 1.165) is 29.4 Å². The lowest BCUT2D eigenvalue weighted by atomic mass is 10.1. The van der Waals surface area contributed by atoms with Crippen molar-refractivity contribution in [1.82, 2.24) is 10.6 Å². The highest BCUT2D eigenvalue weighted by atomic mass is 79.9. The Hall–Kier alpha value is -0.580. The minimum atomic E-state index is -0.00658. The first-order valence-electron chi connectivity index (χ1n) is 5.96. The van der Waals surface area contributed by atoms with E-state index in [1.165, 1.54) is 0 Å². The minimum absolute atomic E-state index is 0. The molecular weight excluding hydrogens is 316 g/mol. The highest BCUT2D eigenvalue weighted by Crippen LogP contribution is 2.17. The van der Waals surface area contributed by atoms with E-state index in [9.17, 15) is 4.79 Å². The first-order chi connectivity index (χ1) is 8.16. The molecule has 18 heavy (non-hydrogen) atoms. The number of hydrogen-bond acceptors (Lipinski definition) is 2. The summed E-state index contributed by atoms with van der Waals surface area (Å²) >= 11 is 3.40. The standard InChI is InChI=1S/C13H17BrN2O.ClH/c1-9(10-4-6-11(14)7-5-10)16-13(17)12-3-2-8-15-12;/h4-7,9,12,15H,2-3,8H2,1H3,(H,16,17);1H. The normalized spacial score (nSPS) is 20.0. The molecule has 1 aromatic carbocycles. The van der Waals surface area contributed by atoms with Gasteiger partial charge in [-0.15, -0.1) is 12.4 Å². The van der Waals surface area contributed by atoms with Gasteiger partial charge in [-0.1, -0.05) is 28.1 Å². The van der Waals surface area contributed by atoms with Gasteiger partial charge in [0.05, 0.1) is 12.1 Å². The number of carbonyl (C=O) groups is 1. The average molecular weight is 334 g/mol. The molecule has 2 atom stereocenters. The van der Waals surface area contributed by atoms with Gasteiger partial charge in [-0.25, -0.2) is 0 Å². The van der Waals surface area contributed by atoms with Crippen molar-refractivity contribution in [2.75, 3.05) is 6.54 Å². The van der Waals surface area contributed by atoms with Gasteiger partial charge in [0, 0.05) is 4.47 Å². The van der Waals surface area contributed by atoms with Crippen molar-refractivity contribution >= 4 is 34.2 Å². The van der Waals surface area contributed by atoms with Crippen LogP contribution in [0.5, 0.6) is 0 Å². The summed E-state index contributed by atoms with van der Waals surface area (Å²) in [6, 6.07) is 8.08. The molecule has 1 amide bonds. The van der Waals surface area contributed by atoms with Gasteiger partial charge in [0.25, 0.3) is 0 Å². The maximum atomic E-state index is 11.9. The molecule has 0 radical (unpaired) electrons. The van der Waals surface area contributed by atoms with Gasteiger partial charge in [-0.05, 0) is 44.0 Å². The summed E-state index contributed by atoms with van der Waals surface area (Å²) in [6.07, 6.45) is 2.03. The minimum Gasteiger partial charge on any atom is -0.348 e. The van der Waals surface area contributed by atoms with Crippen molar-refractivity contribution in [1.29, 1.82) is 0 Å². The van der Waals surface area contributed by atoms with Crippen LogP contribution in [0, 0.1) is 0 Å². The van der Waals surface area contributed by atoms with Crippen LogP contribution in [0.15, 0.2) is 28.7 Å². The van der Waals surface area contributed by atoms with Crippen molar-refractivity contribution in [2.45, 2.75) is 31.8 Å². The number of carbonyl (C=O) groups excluding carboxylic acids is 1. The SMILES string of the molecule is CC(NC(=O)C1CCCN1)c1ccc(Br)cc1.Cl.